The normalized spacial score (nSPS) is 17.0. The van der Waals surface area contributed by atoms with Crippen molar-refractivity contribution in [1.82, 2.24) is 4.90 Å². The first-order chi connectivity index (χ1) is 13.7. The summed E-state index contributed by atoms with van der Waals surface area (Å²) in [5.74, 6) is 0. The molecular formula is C23H30BNO4. The van der Waals surface area contributed by atoms with Gasteiger partial charge in [-0.1, -0.05) is 54.6 Å². The highest BCUT2D eigenvalue weighted by Crippen LogP contribution is 2.27. The maximum Gasteiger partial charge on any atom is 0.494 e. The fraction of sp³-hybridized carbons (Fsp3) is 0.435. The molecule has 1 aliphatic heterocycles. The third-order valence-corrected chi connectivity index (χ3v) is 4.54. The van der Waals surface area contributed by atoms with Gasteiger partial charge in [-0.25, -0.2) is 4.79 Å². The van der Waals surface area contributed by atoms with Gasteiger partial charge in [-0.05, 0) is 51.2 Å². The highest BCUT2D eigenvalue weighted by atomic mass is 16.6. The van der Waals surface area contributed by atoms with E-state index in [2.05, 4.69) is 0 Å². The molecule has 1 unspecified atom stereocenters. The van der Waals surface area contributed by atoms with Crippen molar-refractivity contribution in [3.8, 4) is 0 Å². The average Bonchev–Trinajstić information content (AvgIpc) is 3.02. The van der Waals surface area contributed by atoms with E-state index < -0.39 is 7.12 Å². The lowest BCUT2D eigenvalue weighted by Crippen LogP contribution is -2.44. The molecule has 0 radical (unpaired) electrons. The van der Waals surface area contributed by atoms with Crippen molar-refractivity contribution in [2.24, 2.45) is 0 Å². The monoisotopic (exact) mass is 395 g/mol. The van der Waals surface area contributed by atoms with Crippen LogP contribution in [0.3, 0.4) is 0 Å². The number of benzene rings is 2. The zero-order chi connectivity index (χ0) is 21.0. The fourth-order valence-corrected chi connectivity index (χ4v) is 3.22. The molecule has 1 atom stereocenters. The lowest BCUT2D eigenvalue weighted by Gasteiger charge is -2.26. The van der Waals surface area contributed by atoms with Gasteiger partial charge in [0.15, 0.2) is 0 Å². The van der Waals surface area contributed by atoms with Gasteiger partial charge in [0.2, 0.25) is 0 Å². The van der Waals surface area contributed by atoms with Gasteiger partial charge < -0.3 is 14.0 Å². The number of cyclic esters (lactones) is 1. The van der Waals surface area contributed by atoms with Crippen LogP contribution in [0.25, 0.3) is 0 Å². The Morgan fingerprint density at radius 3 is 2.34 bits per heavy atom. The summed E-state index contributed by atoms with van der Waals surface area (Å²) in [5.41, 5.74) is 2.71. The van der Waals surface area contributed by atoms with Crippen LogP contribution in [0.1, 0.15) is 51.8 Å². The van der Waals surface area contributed by atoms with Crippen LogP contribution in [-0.2, 0) is 20.6 Å². The van der Waals surface area contributed by atoms with Gasteiger partial charge in [0.1, 0.15) is 6.10 Å². The molecule has 1 heterocycles. The lowest BCUT2D eigenvalue weighted by molar-refractivity contribution is 0.0757. The molecule has 29 heavy (non-hydrogen) atoms. The molecule has 6 heteroatoms. The third kappa shape index (κ3) is 6.08. The van der Waals surface area contributed by atoms with E-state index in [9.17, 15) is 4.79 Å². The minimum Gasteiger partial charge on any atom is -0.439 e. The number of rotatable bonds is 7. The SMILES string of the molecule is CC(C)OB(OC(C)(C)C)c1ccc(CN2CC(c3ccccc3)OC2=O)cc1. The summed E-state index contributed by atoms with van der Waals surface area (Å²) < 4.78 is 17.6. The molecular weight excluding hydrogens is 365 g/mol. The van der Waals surface area contributed by atoms with E-state index in [1.807, 2.05) is 89.2 Å². The van der Waals surface area contributed by atoms with Gasteiger partial charge in [0.05, 0.1) is 6.54 Å². The Bertz CT molecular complexity index is 802. The topological polar surface area (TPSA) is 48.0 Å². The molecule has 0 bridgehead atoms. The Morgan fingerprint density at radius 1 is 1.10 bits per heavy atom. The number of hydrogen-bond acceptors (Lipinski definition) is 4. The Hall–Kier alpha value is -2.31. The summed E-state index contributed by atoms with van der Waals surface area (Å²) in [6.45, 7) is 11.1. The molecule has 0 aliphatic carbocycles. The highest BCUT2D eigenvalue weighted by Gasteiger charge is 2.32. The third-order valence-electron chi connectivity index (χ3n) is 4.54. The Morgan fingerprint density at radius 2 is 1.76 bits per heavy atom. The number of hydrogen-bond donors (Lipinski definition) is 0. The summed E-state index contributed by atoms with van der Waals surface area (Å²) >= 11 is 0. The van der Waals surface area contributed by atoms with Crippen LogP contribution < -0.4 is 5.46 Å². The number of carbonyl (C=O) groups is 1. The molecule has 0 N–H and O–H groups in total. The Labute approximate surface area is 174 Å². The smallest absolute Gasteiger partial charge is 0.439 e. The molecule has 0 spiro atoms. The Kier molecular flexibility index (Phi) is 6.65. The Balaban J connectivity index is 1.66. The molecule has 2 aromatic carbocycles. The van der Waals surface area contributed by atoms with Gasteiger partial charge >= 0.3 is 13.2 Å². The van der Waals surface area contributed by atoms with Crippen molar-refractivity contribution in [3.05, 3.63) is 65.7 Å². The van der Waals surface area contributed by atoms with Crippen LogP contribution in [0.2, 0.25) is 0 Å². The van der Waals surface area contributed by atoms with Gasteiger partial charge in [-0.2, -0.15) is 0 Å². The molecule has 0 saturated carbocycles. The first-order valence-corrected chi connectivity index (χ1v) is 10.1. The van der Waals surface area contributed by atoms with Crippen LogP contribution in [-0.4, -0.2) is 36.4 Å². The summed E-state index contributed by atoms with van der Waals surface area (Å²) in [4.78, 5) is 14.0. The van der Waals surface area contributed by atoms with E-state index in [1.165, 1.54) is 0 Å². The zero-order valence-electron chi connectivity index (χ0n) is 17.9. The zero-order valence-corrected chi connectivity index (χ0v) is 17.9. The predicted molar refractivity (Wildman–Crippen MR) is 115 cm³/mol. The minimum absolute atomic E-state index is 0.0521. The van der Waals surface area contributed by atoms with Gasteiger partial charge in [-0.15, -0.1) is 0 Å². The van der Waals surface area contributed by atoms with Gasteiger partial charge in [0.25, 0.3) is 0 Å². The molecule has 1 aliphatic rings. The van der Waals surface area contributed by atoms with Gasteiger partial charge in [-0.3, -0.25) is 4.90 Å². The fourth-order valence-electron chi connectivity index (χ4n) is 3.22. The highest BCUT2D eigenvalue weighted by molar-refractivity contribution is 6.61. The second kappa shape index (κ2) is 9.01. The average molecular weight is 395 g/mol. The number of ether oxygens (including phenoxy) is 1. The quantitative estimate of drug-likeness (QED) is 0.656. The summed E-state index contributed by atoms with van der Waals surface area (Å²) in [6, 6.07) is 17.9. The maximum absolute atomic E-state index is 12.3. The maximum atomic E-state index is 12.3. The van der Waals surface area contributed by atoms with E-state index in [-0.39, 0.29) is 23.9 Å². The second-order valence-corrected chi connectivity index (χ2v) is 8.65. The molecule has 154 valence electrons. The van der Waals surface area contributed by atoms with Crippen molar-refractivity contribution in [1.29, 1.82) is 0 Å². The van der Waals surface area contributed by atoms with E-state index >= 15 is 0 Å². The van der Waals surface area contributed by atoms with Crippen molar-refractivity contribution in [3.63, 3.8) is 0 Å². The van der Waals surface area contributed by atoms with Crippen molar-refractivity contribution in [2.75, 3.05) is 6.54 Å². The van der Waals surface area contributed by atoms with E-state index in [0.717, 1.165) is 16.6 Å². The minimum atomic E-state index is -0.428. The molecule has 2 aromatic rings. The van der Waals surface area contributed by atoms with Crippen molar-refractivity contribution in [2.45, 2.75) is 59.0 Å². The van der Waals surface area contributed by atoms with Crippen LogP contribution in [0.4, 0.5) is 4.79 Å². The standard InChI is InChI=1S/C23H30BNO4/c1-17(2)28-24(29-23(3,4)5)20-13-11-18(12-14-20)15-25-16-21(27-22(25)26)19-9-7-6-8-10-19/h6-14,17,21H,15-16H2,1-5H3. The van der Waals surface area contributed by atoms with Gasteiger partial charge in [0, 0.05) is 18.2 Å². The van der Waals surface area contributed by atoms with Crippen LogP contribution in [0.15, 0.2) is 54.6 Å². The largest absolute Gasteiger partial charge is 0.494 e. The number of amides is 1. The molecule has 1 fully saturated rings. The van der Waals surface area contributed by atoms with E-state index in [1.54, 1.807) is 4.90 Å². The molecule has 1 amide bonds. The molecule has 3 rings (SSSR count). The molecule has 0 aromatic heterocycles. The number of carbonyl (C=O) groups excluding carboxylic acids is 1. The molecule has 5 nitrogen and oxygen atoms in total. The van der Waals surface area contributed by atoms with Crippen LogP contribution in [0, 0.1) is 0 Å². The summed E-state index contributed by atoms with van der Waals surface area (Å²) in [7, 11) is -0.428. The van der Waals surface area contributed by atoms with Crippen molar-refractivity contribution < 1.29 is 18.8 Å². The predicted octanol–water partition coefficient (Wildman–Crippen LogP) is 4.32. The first-order valence-electron chi connectivity index (χ1n) is 10.1. The summed E-state index contributed by atoms with van der Waals surface area (Å²) in [6.07, 6.45) is -0.441. The van der Waals surface area contributed by atoms with Crippen LogP contribution >= 0.6 is 0 Å². The molecule has 1 saturated heterocycles. The number of nitrogens with zero attached hydrogens (tertiary/aromatic N) is 1. The first kappa shape index (κ1) is 21.4. The van der Waals surface area contributed by atoms with Crippen molar-refractivity contribution >= 4 is 18.7 Å². The van der Waals surface area contributed by atoms with E-state index in [0.29, 0.717) is 13.1 Å². The summed E-state index contributed by atoms with van der Waals surface area (Å²) in [5, 5.41) is 0. The van der Waals surface area contributed by atoms with E-state index in [4.69, 9.17) is 14.0 Å². The second-order valence-electron chi connectivity index (χ2n) is 8.65. The lowest BCUT2D eigenvalue weighted by atomic mass is 9.77. The van der Waals surface area contributed by atoms with Crippen LogP contribution in [0.5, 0.6) is 0 Å².